The Morgan fingerprint density at radius 1 is 0.893 bits per heavy atom. The highest BCUT2D eigenvalue weighted by atomic mass is 32.3. The van der Waals surface area contributed by atoms with Gasteiger partial charge >= 0.3 is 0 Å². The lowest BCUT2D eigenvalue weighted by Crippen LogP contribution is -2.34. The van der Waals surface area contributed by atoms with Crippen LogP contribution in [0.4, 0.5) is 0 Å². The van der Waals surface area contributed by atoms with E-state index in [9.17, 15) is 0 Å². The maximum Gasteiger partial charge on any atom is 0.0805 e. The van der Waals surface area contributed by atoms with Crippen LogP contribution < -0.4 is 0 Å². The van der Waals surface area contributed by atoms with Gasteiger partial charge in [0, 0.05) is 16.7 Å². The Balaban J connectivity index is 2.71. The van der Waals surface area contributed by atoms with Crippen LogP contribution in [0.1, 0.15) is 30.5 Å². The van der Waals surface area contributed by atoms with Gasteiger partial charge in [0.15, 0.2) is 0 Å². The van der Waals surface area contributed by atoms with Gasteiger partial charge in [-0.2, -0.15) is 0 Å². The first-order valence-electron chi connectivity index (χ1n) is 9.31. The molecule has 6 radical (unpaired) electrons. The molecule has 0 atom stereocenters. The van der Waals surface area contributed by atoms with Crippen molar-refractivity contribution in [1.29, 1.82) is 0 Å². The van der Waals surface area contributed by atoms with E-state index in [1.807, 2.05) is 20.0 Å². The van der Waals surface area contributed by atoms with Gasteiger partial charge < -0.3 is 0 Å². The quantitative estimate of drug-likeness (QED) is 0.658. The van der Waals surface area contributed by atoms with Crippen molar-refractivity contribution in [3.05, 3.63) is 47.2 Å². The van der Waals surface area contributed by atoms with Crippen LogP contribution in [-0.4, -0.2) is 66.1 Å². The Bertz CT molecular complexity index is 873. The molecule has 0 fully saturated rings. The topological polar surface area (TPSA) is 12.9 Å². The third kappa shape index (κ3) is 4.70. The SMILES string of the molecule is [B]C(C)(C)c1ccc(-c2cc(C([B])([B])S(C)(C)C)c(S(C)(C)C)cn2)c(C)c1. The van der Waals surface area contributed by atoms with Crippen molar-refractivity contribution in [2.24, 2.45) is 0 Å². The molecule has 2 rings (SSSR count). The van der Waals surface area contributed by atoms with E-state index in [2.05, 4.69) is 68.7 Å². The van der Waals surface area contributed by atoms with E-state index < -0.39 is 24.6 Å². The molecular formula is C22H32B3NS2. The highest BCUT2D eigenvalue weighted by Gasteiger charge is 2.34. The Hall–Kier alpha value is -0.735. The normalized spacial score (nSPS) is 14.8. The largest absolute Gasteiger partial charge is 0.256 e. The van der Waals surface area contributed by atoms with Crippen LogP contribution in [0.15, 0.2) is 35.4 Å². The minimum atomic E-state index is -1.25. The summed E-state index contributed by atoms with van der Waals surface area (Å²) >= 11 is 0. The van der Waals surface area contributed by atoms with Gasteiger partial charge in [0.2, 0.25) is 0 Å². The van der Waals surface area contributed by atoms with E-state index in [0.717, 1.165) is 27.9 Å². The monoisotopic (exact) mass is 407 g/mol. The van der Waals surface area contributed by atoms with Gasteiger partial charge in [-0.25, -0.2) is 10.0 Å². The number of hydrogen-bond donors (Lipinski definition) is 0. The maximum absolute atomic E-state index is 6.76. The molecule has 1 nitrogen and oxygen atoms in total. The first-order valence-corrected chi connectivity index (χ1v) is 15.0. The molecule has 6 heteroatoms. The fourth-order valence-electron chi connectivity index (χ4n) is 3.07. The lowest BCUT2D eigenvalue weighted by atomic mass is 9.65. The molecule has 1 aromatic heterocycles. The molecule has 0 bridgehead atoms. The van der Waals surface area contributed by atoms with Crippen molar-refractivity contribution < 1.29 is 0 Å². The number of pyridine rings is 1. The number of aryl methyl sites for hydroxylation is 1. The number of rotatable bonds is 5. The molecule has 0 spiro atoms. The second-order valence-corrected chi connectivity index (χ2v) is 18.2. The second-order valence-electron chi connectivity index (χ2n) is 9.78. The summed E-state index contributed by atoms with van der Waals surface area (Å²) < 4.78 is -0.882. The zero-order valence-corrected chi connectivity index (χ0v) is 20.5. The van der Waals surface area contributed by atoms with E-state index in [1.54, 1.807) is 0 Å². The van der Waals surface area contributed by atoms with Crippen LogP contribution in [-0.2, 0) is 9.86 Å². The van der Waals surface area contributed by atoms with Crippen LogP contribution >= 0.6 is 20.1 Å². The van der Waals surface area contributed by atoms with Crippen LogP contribution in [0, 0.1) is 6.92 Å². The third-order valence-corrected chi connectivity index (χ3v) is 9.10. The second kappa shape index (κ2) is 7.50. The Morgan fingerprint density at radius 2 is 1.46 bits per heavy atom. The summed E-state index contributed by atoms with van der Waals surface area (Å²) in [5, 5.41) is -0.374. The van der Waals surface area contributed by atoms with E-state index in [0.29, 0.717) is 0 Å². The summed E-state index contributed by atoms with van der Waals surface area (Å²) in [6, 6.07) is 8.45. The van der Waals surface area contributed by atoms with Crippen LogP contribution in [0.2, 0.25) is 0 Å². The number of benzene rings is 1. The summed E-state index contributed by atoms with van der Waals surface area (Å²) in [5.41, 5.74) is 5.27. The van der Waals surface area contributed by atoms with Crippen molar-refractivity contribution in [2.45, 2.75) is 35.5 Å². The van der Waals surface area contributed by atoms with E-state index in [1.165, 1.54) is 4.90 Å². The fraction of sp³-hybridized carbons (Fsp3) is 0.500. The molecule has 0 amide bonds. The molecule has 28 heavy (non-hydrogen) atoms. The zero-order chi connectivity index (χ0) is 21.7. The number of nitrogens with zero attached hydrogens (tertiary/aromatic N) is 1. The average molecular weight is 407 g/mol. The molecule has 0 aliphatic rings. The van der Waals surface area contributed by atoms with Gasteiger partial charge in [-0.3, -0.25) is 15.0 Å². The van der Waals surface area contributed by atoms with Crippen LogP contribution in [0.3, 0.4) is 0 Å². The van der Waals surface area contributed by atoms with Gasteiger partial charge in [0.05, 0.1) is 29.2 Å². The molecule has 0 saturated carbocycles. The fourth-order valence-corrected chi connectivity index (χ4v) is 5.21. The van der Waals surface area contributed by atoms with Crippen LogP contribution in [0.25, 0.3) is 11.3 Å². The van der Waals surface area contributed by atoms with Crippen molar-refractivity contribution >= 4 is 43.6 Å². The first kappa shape index (κ1) is 23.5. The summed E-state index contributed by atoms with van der Waals surface area (Å²) in [6.07, 6.45) is 15.2. The van der Waals surface area contributed by atoms with E-state index in [4.69, 9.17) is 28.5 Å². The summed E-state index contributed by atoms with van der Waals surface area (Å²) in [4.78, 5) is 5.99. The van der Waals surface area contributed by atoms with Crippen LogP contribution in [0.5, 0.6) is 0 Å². The summed E-state index contributed by atoms with van der Waals surface area (Å²) in [7, 11) is 17.5. The van der Waals surface area contributed by atoms with Crippen molar-refractivity contribution in [3.8, 4) is 11.3 Å². The Labute approximate surface area is 179 Å². The van der Waals surface area contributed by atoms with Gasteiger partial charge in [-0.15, -0.1) is 0 Å². The number of aromatic nitrogens is 1. The Kier molecular flexibility index (Phi) is 6.31. The van der Waals surface area contributed by atoms with Crippen molar-refractivity contribution in [1.82, 2.24) is 4.98 Å². The molecule has 1 heterocycles. The molecule has 0 aliphatic carbocycles. The van der Waals surface area contributed by atoms with Gasteiger partial charge in [-0.1, -0.05) is 37.6 Å². The third-order valence-electron chi connectivity index (χ3n) is 5.21. The highest BCUT2D eigenvalue weighted by molar-refractivity contribution is 8.34. The predicted octanol–water partition coefficient (Wildman–Crippen LogP) is 4.65. The maximum atomic E-state index is 6.76. The summed E-state index contributed by atoms with van der Waals surface area (Å²) in [6.45, 7) is 6.13. The minimum Gasteiger partial charge on any atom is -0.256 e. The standard InChI is InChI=1S/C22H32B3NS2/c1-15-12-16(21(2,3)23)10-11-17(15)19-13-18(22(24,25)28(7,8)9)20(14-26-19)27(4,5)6/h10-14H,1-9H3. The Morgan fingerprint density at radius 3 is 1.89 bits per heavy atom. The molecule has 0 unspecified atom stereocenters. The van der Waals surface area contributed by atoms with Crippen molar-refractivity contribution in [2.75, 3.05) is 37.5 Å². The minimum absolute atomic E-state index is 0.374. The average Bonchev–Trinajstić information content (AvgIpc) is 2.51. The molecule has 1 aromatic carbocycles. The predicted molar refractivity (Wildman–Crippen MR) is 135 cm³/mol. The van der Waals surface area contributed by atoms with E-state index >= 15 is 0 Å². The van der Waals surface area contributed by atoms with E-state index in [-0.39, 0.29) is 5.31 Å². The molecule has 2 aromatic rings. The molecular weight excluding hydrogens is 375 g/mol. The lowest BCUT2D eigenvalue weighted by molar-refractivity contribution is 0.763. The van der Waals surface area contributed by atoms with Crippen molar-refractivity contribution in [3.63, 3.8) is 0 Å². The zero-order valence-electron chi connectivity index (χ0n) is 18.9. The highest BCUT2D eigenvalue weighted by Crippen LogP contribution is 2.58. The molecule has 0 aliphatic heterocycles. The molecule has 0 saturated heterocycles. The number of hydrogen-bond acceptors (Lipinski definition) is 1. The lowest BCUT2D eigenvalue weighted by Gasteiger charge is -2.48. The van der Waals surface area contributed by atoms with Gasteiger partial charge in [-0.05, 0) is 71.5 Å². The molecule has 146 valence electrons. The van der Waals surface area contributed by atoms with Gasteiger partial charge in [0.25, 0.3) is 0 Å². The summed E-state index contributed by atoms with van der Waals surface area (Å²) in [5.74, 6) is 0. The van der Waals surface area contributed by atoms with Gasteiger partial charge in [0.1, 0.15) is 0 Å². The first-order chi connectivity index (χ1) is 12.5. The smallest absolute Gasteiger partial charge is 0.0805 e. The molecule has 0 N–H and O–H groups in total.